The summed E-state index contributed by atoms with van der Waals surface area (Å²) in [6.45, 7) is -0.171. The third-order valence-electron chi connectivity index (χ3n) is 0.896. The largest absolute Gasteiger partial charge is 0.348 e. The van der Waals surface area contributed by atoms with Crippen molar-refractivity contribution in [3.05, 3.63) is 0 Å². The Balaban J connectivity index is 3.35. The lowest BCUT2D eigenvalue weighted by Gasteiger charge is -1.98. The van der Waals surface area contributed by atoms with E-state index in [2.05, 4.69) is 5.32 Å². The van der Waals surface area contributed by atoms with Crippen LogP contribution in [0.25, 0.3) is 0 Å². The van der Waals surface area contributed by atoms with Gasteiger partial charge in [-0.25, -0.2) is 0 Å². The van der Waals surface area contributed by atoms with E-state index in [1.165, 1.54) is 0 Å². The van der Waals surface area contributed by atoms with Gasteiger partial charge in [0.25, 0.3) is 0 Å². The van der Waals surface area contributed by atoms with Gasteiger partial charge in [-0.2, -0.15) is 0 Å². The molecule has 0 fully saturated rings. The molecule has 0 unspecified atom stereocenters. The van der Waals surface area contributed by atoms with Crippen LogP contribution in [0, 0.1) is 0 Å². The SMILES string of the molecule is NCC(=O)CNC(=O)CN. The van der Waals surface area contributed by atoms with E-state index in [4.69, 9.17) is 11.5 Å². The Morgan fingerprint density at radius 1 is 1.20 bits per heavy atom. The van der Waals surface area contributed by atoms with Crippen molar-refractivity contribution in [2.45, 2.75) is 0 Å². The second kappa shape index (κ2) is 4.89. The molecule has 0 atom stereocenters. The van der Waals surface area contributed by atoms with Crippen LogP contribution in [0.2, 0.25) is 0 Å². The third-order valence-corrected chi connectivity index (χ3v) is 0.896. The Morgan fingerprint density at radius 3 is 2.20 bits per heavy atom. The molecule has 0 saturated carbocycles. The predicted molar refractivity (Wildman–Crippen MR) is 36.1 cm³/mol. The highest BCUT2D eigenvalue weighted by molar-refractivity contribution is 5.87. The quantitative estimate of drug-likeness (QED) is 0.410. The monoisotopic (exact) mass is 145 g/mol. The van der Waals surface area contributed by atoms with Crippen molar-refractivity contribution in [3.63, 3.8) is 0 Å². The number of amides is 1. The number of nitrogens with one attached hydrogen (secondary N) is 1. The Bertz CT molecular complexity index is 119. The number of carbonyl (C=O) groups excluding carboxylic acids is 2. The molecule has 5 nitrogen and oxygen atoms in total. The second-order valence-corrected chi connectivity index (χ2v) is 1.72. The van der Waals surface area contributed by atoms with Gasteiger partial charge in [0.15, 0.2) is 5.78 Å². The van der Waals surface area contributed by atoms with Crippen LogP contribution in [0.4, 0.5) is 0 Å². The number of nitrogens with two attached hydrogens (primary N) is 2. The van der Waals surface area contributed by atoms with Crippen LogP contribution in [-0.2, 0) is 9.59 Å². The van der Waals surface area contributed by atoms with Gasteiger partial charge in [-0.1, -0.05) is 0 Å². The minimum Gasteiger partial charge on any atom is -0.348 e. The molecule has 5 N–H and O–H groups in total. The standard InChI is InChI=1S/C5H11N3O2/c6-1-4(9)3-8-5(10)2-7/h1-3,6-7H2,(H,8,10). The maximum atomic E-state index is 10.5. The Kier molecular flexibility index (Phi) is 4.43. The Labute approximate surface area is 58.8 Å². The molecule has 0 aliphatic rings. The van der Waals surface area contributed by atoms with Crippen molar-refractivity contribution >= 4 is 11.7 Å². The second-order valence-electron chi connectivity index (χ2n) is 1.72. The molecule has 1 amide bonds. The van der Waals surface area contributed by atoms with Gasteiger partial charge in [-0.05, 0) is 0 Å². The molecule has 0 saturated heterocycles. The molecule has 0 rings (SSSR count). The first-order chi connectivity index (χ1) is 4.70. The smallest absolute Gasteiger partial charge is 0.234 e. The van der Waals surface area contributed by atoms with Crippen molar-refractivity contribution in [3.8, 4) is 0 Å². The zero-order valence-corrected chi connectivity index (χ0v) is 5.59. The molecule has 10 heavy (non-hydrogen) atoms. The Morgan fingerprint density at radius 2 is 1.80 bits per heavy atom. The van der Waals surface area contributed by atoms with Crippen LogP contribution >= 0.6 is 0 Å². The summed E-state index contributed by atoms with van der Waals surface area (Å²) in [6, 6.07) is 0. The van der Waals surface area contributed by atoms with E-state index in [0.717, 1.165) is 0 Å². The van der Waals surface area contributed by atoms with Crippen molar-refractivity contribution in [1.82, 2.24) is 5.32 Å². The average Bonchev–Trinajstić information content (AvgIpc) is 1.99. The molecule has 0 spiro atoms. The molecule has 0 aliphatic heterocycles. The number of carbonyl (C=O) groups is 2. The van der Waals surface area contributed by atoms with Gasteiger partial charge in [0, 0.05) is 0 Å². The minimum absolute atomic E-state index is 0.0213. The molecule has 0 aliphatic carbocycles. The van der Waals surface area contributed by atoms with Crippen LogP contribution in [0.3, 0.4) is 0 Å². The minimum atomic E-state index is -0.346. The lowest BCUT2D eigenvalue weighted by Crippen LogP contribution is -2.36. The van der Waals surface area contributed by atoms with Crippen LogP contribution < -0.4 is 16.8 Å². The molecule has 5 heteroatoms. The summed E-state index contributed by atoms with van der Waals surface area (Å²) in [5, 5.41) is 2.29. The van der Waals surface area contributed by atoms with E-state index in [1.54, 1.807) is 0 Å². The molecule has 0 heterocycles. The van der Waals surface area contributed by atoms with E-state index in [9.17, 15) is 9.59 Å². The fourth-order valence-electron chi connectivity index (χ4n) is 0.342. The van der Waals surface area contributed by atoms with Gasteiger partial charge < -0.3 is 16.8 Å². The number of hydrogen-bond acceptors (Lipinski definition) is 4. The highest BCUT2D eigenvalue weighted by atomic mass is 16.2. The van der Waals surface area contributed by atoms with Gasteiger partial charge in [-0.3, -0.25) is 9.59 Å². The molecule has 0 aromatic heterocycles. The topological polar surface area (TPSA) is 98.2 Å². The molecule has 0 radical (unpaired) electrons. The van der Waals surface area contributed by atoms with Crippen LogP contribution in [0.5, 0.6) is 0 Å². The number of ketones is 1. The van der Waals surface area contributed by atoms with Gasteiger partial charge in [-0.15, -0.1) is 0 Å². The van der Waals surface area contributed by atoms with Gasteiger partial charge in [0.2, 0.25) is 5.91 Å². The van der Waals surface area contributed by atoms with Crippen LogP contribution in [0.1, 0.15) is 0 Å². The maximum Gasteiger partial charge on any atom is 0.234 e. The number of Topliss-reactive ketones (excluding diaryl/α,β-unsaturated/α-hetero) is 1. The van der Waals surface area contributed by atoms with Crippen molar-refractivity contribution in [2.75, 3.05) is 19.6 Å². The first kappa shape index (κ1) is 9.06. The van der Waals surface area contributed by atoms with Crippen molar-refractivity contribution < 1.29 is 9.59 Å². The molecular formula is C5H11N3O2. The summed E-state index contributed by atoms with van der Waals surface area (Å²) in [5.74, 6) is -0.552. The van der Waals surface area contributed by atoms with Gasteiger partial charge in [0.05, 0.1) is 19.6 Å². The molecule has 58 valence electrons. The summed E-state index contributed by atoms with van der Waals surface area (Å²) in [7, 11) is 0. The first-order valence-corrected chi connectivity index (χ1v) is 2.89. The fraction of sp³-hybridized carbons (Fsp3) is 0.600. The van der Waals surface area contributed by atoms with Gasteiger partial charge in [0.1, 0.15) is 0 Å². The van der Waals surface area contributed by atoms with Gasteiger partial charge >= 0.3 is 0 Å². The number of rotatable bonds is 4. The summed E-state index contributed by atoms with van der Waals surface area (Å²) in [6.07, 6.45) is 0. The highest BCUT2D eigenvalue weighted by Crippen LogP contribution is 1.64. The van der Waals surface area contributed by atoms with Crippen molar-refractivity contribution in [1.29, 1.82) is 0 Å². The fourth-order valence-corrected chi connectivity index (χ4v) is 0.342. The Hall–Kier alpha value is -0.940. The van der Waals surface area contributed by atoms with Crippen LogP contribution in [-0.4, -0.2) is 31.3 Å². The highest BCUT2D eigenvalue weighted by Gasteiger charge is 2.00. The average molecular weight is 145 g/mol. The predicted octanol–water partition coefficient (Wildman–Crippen LogP) is -2.41. The number of hydrogen-bond donors (Lipinski definition) is 3. The molecule has 0 bridgehead atoms. The third kappa shape index (κ3) is 3.99. The van der Waals surface area contributed by atoms with Crippen LogP contribution in [0.15, 0.2) is 0 Å². The zero-order chi connectivity index (χ0) is 7.98. The molecular weight excluding hydrogens is 134 g/mol. The van der Waals surface area contributed by atoms with E-state index < -0.39 is 0 Å². The summed E-state index contributed by atoms with van der Waals surface area (Å²) in [5.41, 5.74) is 9.91. The maximum absolute atomic E-state index is 10.5. The van der Waals surface area contributed by atoms with E-state index in [1.807, 2.05) is 0 Å². The van der Waals surface area contributed by atoms with E-state index in [-0.39, 0.29) is 31.3 Å². The summed E-state index contributed by atoms with van der Waals surface area (Å²) in [4.78, 5) is 20.9. The van der Waals surface area contributed by atoms with E-state index in [0.29, 0.717) is 0 Å². The lowest BCUT2D eigenvalue weighted by atomic mass is 10.4. The first-order valence-electron chi connectivity index (χ1n) is 2.89. The van der Waals surface area contributed by atoms with E-state index >= 15 is 0 Å². The lowest BCUT2D eigenvalue weighted by molar-refractivity contribution is -0.123. The normalized spacial score (nSPS) is 9.00. The molecule has 0 aromatic carbocycles. The zero-order valence-electron chi connectivity index (χ0n) is 5.59. The summed E-state index contributed by atoms with van der Waals surface area (Å²) < 4.78 is 0. The summed E-state index contributed by atoms with van der Waals surface area (Å²) >= 11 is 0. The van der Waals surface area contributed by atoms with Crippen molar-refractivity contribution in [2.24, 2.45) is 11.5 Å². The molecule has 0 aromatic rings.